The zero-order chi connectivity index (χ0) is 37.5. The number of fused-ring (bicyclic) bond motifs is 9. The van der Waals surface area contributed by atoms with Crippen LogP contribution in [0.4, 0.5) is 0 Å². The fourth-order valence-electron chi connectivity index (χ4n) is 8.72. The molecule has 0 aliphatic heterocycles. The van der Waals surface area contributed by atoms with Crippen LogP contribution < -0.4 is 0 Å². The molecule has 6 heteroatoms. The highest BCUT2D eigenvalue weighted by atomic mass is 16.3. The van der Waals surface area contributed by atoms with Gasteiger partial charge in [0.2, 0.25) is 5.95 Å². The molecule has 0 aliphatic rings. The molecule has 12 rings (SSSR count). The van der Waals surface area contributed by atoms with Crippen molar-refractivity contribution < 1.29 is 4.42 Å². The Balaban J connectivity index is 1.15. The van der Waals surface area contributed by atoms with E-state index in [9.17, 15) is 0 Å². The smallest absolute Gasteiger partial charge is 0.238 e. The first-order valence-electron chi connectivity index (χ1n) is 19.1. The minimum Gasteiger partial charge on any atom is -0.456 e. The summed E-state index contributed by atoms with van der Waals surface area (Å²) in [6.07, 6.45) is 0. The van der Waals surface area contributed by atoms with E-state index in [1.165, 1.54) is 10.8 Å². The molecule has 0 aliphatic carbocycles. The van der Waals surface area contributed by atoms with E-state index < -0.39 is 0 Å². The standard InChI is InChI=1S/C51H31N5O/c1-2-15-32(16-3-1)34-22-14-28-47-48(34)40-31-33(29-30-46(40)57-47)49-52-50(54-51(53-49)56-43-25-11-6-19-37(43)38-20-7-12-26-44(38)56)39-21-8-13-27-45(39)55-41-23-9-4-17-35(41)36-18-5-10-24-42(36)55/h1-31H. The summed E-state index contributed by atoms with van der Waals surface area (Å²) >= 11 is 0. The van der Waals surface area contributed by atoms with Crippen LogP contribution in [0.5, 0.6) is 0 Å². The lowest BCUT2D eigenvalue weighted by Crippen LogP contribution is -2.07. The lowest BCUT2D eigenvalue weighted by atomic mass is 9.99. The Morgan fingerprint density at radius 3 is 1.56 bits per heavy atom. The van der Waals surface area contributed by atoms with Crippen LogP contribution in [0.3, 0.4) is 0 Å². The Bertz CT molecular complexity index is 3430. The van der Waals surface area contributed by atoms with Crippen LogP contribution in [0, 0.1) is 0 Å². The first kappa shape index (κ1) is 31.5. The first-order valence-corrected chi connectivity index (χ1v) is 19.1. The van der Waals surface area contributed by atoms with Crippen molar-refractivity contribution in [3.8, 4) is 45.5 Å². The van der Waals surface area contributed by atoms with Crippen LogP contribution >= 0.6 is 0 Å². The summed E-state index contributed by atoms with van der Waals surface area (Å²) in [6, 6.07) is 65.5. The van der Waals surface area contributed by atoms with Crippen molar-refractivity contribution >= 4 is 65.6 Å². The molecule has 12 aromatic rings. The quantitative estimate of drug-likeness (QED) is 0.177. The summed E-state index contributed by atoms with van der Waals surface area (Å²) in [5.41, 5.74) is 11.0. The number of hydrogen-bond donors (Lipinski definition) is 0. The van der Waals surface area contributed by atoms with Crippen LogP contribution in [-0.4, -0.2) is 24.1 Å². The Morgan fingerprint density at radius 1 is 0.351 bits per heavy atom. The molecule has 6 nitrogen and oxygen atoms in total. The van der Waals surface area contributed by atoms with Gasteiger partial charge in [-0.3, -0.25) is 4.57 Å². The van der Waals surface area contributed by atoms with Gasteiger partial charge in [-0.2, -0.15) is 9.97 Å². The van der Waals surface area contributed by atoms with E-state index in [0.717, 1.165) is 82.7 Å². The normalized spacial score (nSPS) is 11.9. The number of furan rings is 1. The predicted octanol–water partition coefficient (Wildman–Crippen LogP) is 13.0. The maximum atomic E-state index is 6.44. The molecule has 0 saturated heterocycles. The summed E-state index contributed by atoms with van der Waals surface area (Å²) in [6.45, 7) is 0. The average molecular weight is 730 g/mol. The lowest BCUT2D eigenvalue weighted by Gasteiger charge is -2.15. The summed E-state index contributed by atoms with van der Waals surface area (Å²) in [7, 11) is 0. The van der Waals surface area contributed by atoms with Gasteiger partial charge >= 0.3 is 0 Å². The van der Waals surface area contributed by atoms with Crippen molar-refractivity contribution in [1.82, 2.24) is 24.1 Å². The number of benzene rings is 8. The second-order valence-corrected chi connectivity index (χ2v) is 14.4. The molecule has 266 valence electrons. The second kappa shape index (κ2) is 12.3. The van der Waals surface area contributed by atoms with Crippen molar-refractivity contribution in [2.24, 2.45) is 0 Å². The molecule has 0 amide bonds. The number of aromatic nitrogens is 5. The summed E-state index contributed by atoms with van der Waals surface area (Å²) in [5, 5.41) is 6.74. The zero-order valence-corrected chi connectivity index (χ0v) is 30.5. The number of nitrogens with zero attached hydrogens (tertiary/aromatic N) is 5. The van der Waals surface area contributed by atoms with Crippen LogP contribution in [0.25, 0.3) is 111 Å². The number of rotatable bonds is 5. The Kier molecular flexibility index (Phi) is 6.83. The van der Waals surface area contributed by atoms with Crippen molar-refractivity contribution in [1.29, 1.82) is 0 Å². The van der Waals surface area contributed by atoms with Gasteiger partial charge in [-0.25, -0.2) is 4.98 Å². The Morgan fingerprint density at radius 2 is 0.895 bits per heavy atom. The van der Waals surface area contributed by atoms with E-state index in [4.69, 9.17) is 19.4 Å². The van der Waals surface area contributed by atoms with E-state index in [1.807, 2.05) is 18.2 Å². The van der Waals surface area contributed by atoms with E-state index in [2.05, 4.69) is 179 Å². The van der Waals surface area contributed by atoms with E-state index in [1.54, 1.807) is 0 Å². The highest BCUT2D eigenvalue weighted by Crippen LogP contribution is 2.40. The summed E-state index contributed by atoms with van der Waals surface area (Å²) in [4.78, 5) is 16.0. The van der Waals surface area contributed by atoms with Crippen molar-refractivity contribution in [3.05, 3.63) is 188 Å². The van der Waals surface area contributed by atoms with Crippen LogP contribution in [0.2, 0.25) is 0 Å². The van der Waals surface area contributed by atoms with E-state index in [-0.39, 0.29) is 0 Å². The maximum absolute atomic E-state index is 6.44. The van der Waals surface area contributed by atoms with Gasteiger partial charge in [0.25, 0.3) is 0 Å². The molecule has 0 fully saturated rings. The molecule has 0 spiro atoms. The zero-order valence-electron chi connectivity index (χ0n) is 30.5. The Hall–Kier alpha value is -7.83. The van der Waals surface area contributed by atoms with Gasteiger partial charge in [0, 0.05) is 43.4 Å². The van der Waals surface area contributed by atoms with E-state index >= 15 is 0 Å². The van der Waals surface area contributed by atoms with Gasteiger partial charge < -0.3 is 8.98 Å². The van der Waals surface area contributed by atoms with Crippen LogP contribution in [-0.2, 0) is 0 Å². The molecule has 57 heavy (non-hydrogen) atoms. The third-order valence-electron chi connectivity index (χ3n) is 11.2. The van der Waals surface area contributed by atoms with Gasteiger partial charge in [0.15, 0.2) is 11.6 Å². The molecule has 0 saturated carbocycles. The number of para-hydroxylation sites is 5. The van der Waals surface area contributed by atoms with Gasteiger partial charge in [-0.1, -0.05) is 127 Å². The molecular weight excluding hydrogens is 699 g/mol. The molecule has 8 aromatic carbocycles. The lowest BCUT2D eigenvalue weighted by molar-refractivity contribution is 0.669. The van der Waals surface area contributed by atoms with Gasteiger partial charge in [0.1, 0.15) is 11.2 Å². The molecule has 0 bridgehead atoms. The van der Waals surface area contributed by atoms with Crippen molar-refractivity contribution in [2.45, 2.75) is 0 Å². The van der Waals surface area contributed by atoms with Crippen molar-refractivity contribution in [2.75, 3.05) is 0 Å². The Labute approximate surface area is 326 Å². The fourth-order valence-corrected chi connectivity index (χ4v) is 8.72. The fraction of sp³-hybridized carbons (Fsp3) is 0. The molecule has 0 unspecified atom stereocenters. The molecule has 4 aromatic heterocycles. The first-order chi connectivity index (χ1) is 28.3. The van der Waals surface area contributed by atoms with Gasteiger partial charge in [-0.05, 0) is 71.8 Å². The van der Waals surface area contributed by atoms with Gasteiger partial charge in [0.05, 0.1) is 27.8 Å². The predicted molar refractivity (Wildman–Crippen MR) is 232 cm³/mol. The van der Waals surface area contributed by atoms with Crippen LogP contribution in [0.15, 0.2) is 192 Å². The molecule has 0 N–H and O–H groups in total. The molecule has 0 radical (unpaired) electrons. The largest absolute Gasteiger partial charge is 0.456 e. The molecular formula is C51H31N5O. The van der Waals surface area contributed by atoms with Crippen LogP contribution in [0.1, 0.15) is 0 Å². The molecule has 0 atom stereocenters. The monoisotopic (exact) mass is 729 g/mol. The van der Waals surface area contributed by atoms with E-state index in [0.29, 0.717) is 17.6 Å². The third-order valence-corrected chi connectivity index (χ3v) is 11.2. The minimum atomic E-state index is 0.548. The summed E-state index contributed by atoms with van der Waals surface area (Å²) in [5.74, 6) is 1.70. The minimum absolute atomic E-state index is 0.548. The van der Waals surface area contributed by atoms with Crippen molar-refractivity contribution in [3.63, 3.8) is 0 Å². The maximum Gasteiger partial charge on any atom is 0.238 e. The highest BCUT2D eigenvalue weighted by Gasteiger charge is 2.22. The number of hydrogen-bond acceptors (Lipinski definition) is 4. The average Bonchev–Trinajstić information content (AvgIpc) is 3.94. The SMILES string of the molecule is c1ccc(-c2cccc3oc4ccc(-c5nc(-c6ccccc6-n6c7ccccc7c7ccccc76)nc(-n6c7ccccc7c7ccccc76)n5)cc4c23)cc1. The topological polar surface area (TPSA) is 61.7 Å². The highest BCUT2D eigenvalue weighted by molar-refractivity contribution is 6.14. The third kappa shape index (κ3) is 4.81. The second-order valence-electron chi connectivity index (χ2n) is 14.4. The molecule has 4 heterocycles. The van der Waals surface area contributed by atoms with Gasteiger partial charge in [-0.15, -0.1) is 0 Å². The summed E-state index contributed by atoms with van der Waals surface area (Å²) < 4.78 is 10.9.